The van der Waals surface area contributed by atoms with Crippen LogP contribution in [0.1, 0.15) is 49.1 Å². The molecular formula is C15H23ClN2S. The minimum Gasteiger partial charge on any atom is -0.308 e. The van der Waals surface area contributed by atoms with Gasteiger partial charge in [0.2, 0.25) is 0 Å². The number of thiophene rings is 1. The van der Waals surface area contributed by atoms with Crippen LogP contribution in [0.4, 0.5) is 0 Å². The van der Waals surface area contributed by atoms with E-state index in [1.165, 1.54) is 55.6 Å². The summed E-state index contributed by atoms with van der Waals surface area (Å²) < 4.78 is 0.953. The van der Waals surface area contributed by atoms with E-state index in [0.717, 1.165) is 16.9 Å². The summed E-state index contributed by atoms with van der Waals surface area (Å²) >= 11 is 7.94. The smallest absolute Gasteiger partial charge is 0.0934 e. The zero-order valence-electron chi connectivity index (χ0n) is 11.6. The fraction of sp³-hybridized carbons (Fsp3) is 0.733. The molecule has 0 saturated carbocycles. The third kappa shape index (κ3) is 2.99. The zero-order valence-corrected chi connectivity index (χ0v) is 13.2. The van der Waals surface area contributed by atoms with Gasteiger partial charge in [0.1, 0.15) is 0 Å². The second kappa shape index (κ2) is 6.13. The summed E-state index contributed by atoms with van der Waals surface area (Å²) in [7, 11) is 0. The summed E-state index contributed by atoms with van der Waals surface area (Å²) in [5, 5.41) is 3.80. The molecular weight excluding hydrogens is 276 g/mol. The topological polar surface area (TPSA) is 15.3 Å². The van der Waals surface area contributed by atoms with Crippen molar-refractivity contribution in [3.63, 3.8) is 0 Å². The lowest BCUT2D eigenvalue weighted by molar-refractivity contribution is 0.251. The molecule has 0 aromatic carbocycles. The van der Waals surface area contributed by atoms with Crippen LogP contribution in [-0.2, 0) is 6.42 Å². The fourth-order valence-electron chi connectivity index (χ4n) is 3.55. The van der Waals surface area contributed by atoms with Gasteiger partial charge in [-0.1, -0.05) is 18.5 Å². The lowest BCUT2D eigenvalue weighted by atomic mass is 9.94. The van der Waals surface area contributed by atoms with Crippen molar-refractivity contribution < 1.29 is 0 Å². The number of likely N-dealkylation sites (N-methyl/N-ethyl adjacent to an activating group) is 1. The van der Waals surface area contributed by atoms with Crippen LogP contribution < -0.4 is 5.32 Å². The zero-order chi connectivity index (χ0) is 13.2. The monoisotopic (exact) mass is 298 g/mol. The summed E-state index contributed by atoms with van der Waals surface area (Å²) in [5.41, 5.74) is 1.47. The number of hydrogen-bond acceptors (Lipinski definition) is 3. The van der Waals surface area contributed by atoms with E-state index in [1.807, 2.05) is 0 Å². The van der Waals surface area contributed by atoms with Gasteiger partial charge >= 0.3 is 0 Å². The van der Waals surface area contributed by atoms with E-state index < -0.39 is 0 Å². The van der Waals surface area contributed by atoms with Crippen molar-refractivity contribution in [3.05, 3.63) is 20.8 Å². The molecule has 19 heavy (non-hydrogen) atoms. The van der Waals surface area contributed by atoms with Gasteiger partial charge in [-0.25, -0.2) is 0 Å². The molecule has 2 heterocycles. The van der Waals surface area contributed by atoms with Gasteiger partial charge < -0.3 is 5.32 Å². The first kappa shape index (κ1) is 13.9. The first-order valence-electron chi connectivity index (χ1n) is 7.53. The van der Waals surface area contributed by atoms with Crippen molar-refractivity contribution in [1.29, 1.82) is 0 Å². The minimum atomic E-state index is 0.534. The van der Waals surface area contributed by atoms with E-state index in [9.17, 15) is 0 Å². The number of nitrogens with one attached hydrogen (secondary N) is 1. The average Bonchev–Trinajstić information content (AvgIpc) is 3.00. The largest absolute Gasteiger partial charge is 0.308 e. The van der Waals surface area contributed by atoms with Gasteiger partial charge in [-0.3, -0.25) is 4.90 Å². The second-order valence-corrected chi connectivity index (χ2v) is 7.47. The van der Waals surface area contributed by atoms with Crippen LogP contribution in [0, 0.1) is 0 Å². The van der Waals surface area contributed by atoms with Crippen LogP contribution in [-0.4, -0.2) is 30.6 Å². The maximum absolute atomic E-state index is 6.17. The van der Waals surface area contributed by atoms with E-state index in [4.69, 9.17) is 11.6 Å². The molecule has 1 aliphatic heterocycles. The second-order valence-electron chi connectivity index (χ2n) is 5.71. The first-order valence-corrected chi connectivity index (χ1v) is 8.73. The maximum atomic E-state index is 6.17. The molecule has 0 spiro atoms. The Hall–Kier alpha value is -0.0900. The lowest BCUT2D eigenvalue weighted by Gasteiger charge is -2.28. The standard InChI is InChI=1S/C15H23ClN2S/c1-2-18-8-4-5-11(18)10-17-13-6-3-7-14-12(13)9-15(16)19-14/h9,11,13,17H,2-8,10H2,1H3. The molecule has 0 radical (unpaired) electrons. The predicted molar refractivity (Wildman–Crippen MR) is 83.3 cm³/mol. The van der Waals surface area contributed by atoms with E-state index in [0.29, 0.717) is 6.04 Å². The molecule has 2 nitrogen and oxygen atoms in total. The molecule has 4 heteroatoms. The summed E-state index contributed by atoms with van der Waals surface area (Å²) in [6.07, 6.45) is 6.49. The molecule has 106 valence electrons. The highest BCUT2D eigenvalue weighted by molar-refractivity contribution is 7.16. The third-order valence-electron chi connectivity index (χ3n) is 4.59. The van der Waals surface area contributed by atoms with Crippen LogP contribution in [0.25, 0.3) is 0 Å². The quantitative estimate of drug-likeness (QED) is 0.908. The van der Waals surface area contributed by atoms with Gasteiger partial charge in [0.15, 0.2) is 0 Å². The Labute approximate surface area is 125 Å². The summed E-state index contributed by atoms with van der Waals surface area (Å²) in [6.45, 7) is 5.87. The van der Waals surface area contributed by atoms with Crippen molar-refractivity contribution >= 4 is 22.9 Å². The van der Waals surface area contributed by atoms with Crippen molar-refractivity contribution in [2.75, 3.05) is 19.6 Å². The number of likely N-dealkylation sites (tertiary alicyclic amines) is 1. The normalized spacial score (nSPS) is 27.7. The molecule has 2 aliphatic rings. The van der Waals surface area contributed by atoms with Crippen LogP contribution in [0.5, 0.6) is 0 Å². The van der Waals surface area contributed by atoms with E-state index >= 15 is 0 Å². The number of hydrogen-bond donors (Lipinski definition) is 1. The minimum absolute atomic E-state index is 0.534. The van der Waals surface area contributed by atoms with Gasteiger partial charge in [-0.05, 0) is 56.8 Å². The molecule has 3 rings (SSSR count). The number of aryl methyl sites for hydroxylation is 1. The molecule has 1 aromatic heterocycles. The van der Waals surface area contributed by atoms with Crippen molar-refractivity contribution in [2.45, 2.75) is 51.1 Å². The van der Waals surface area contributed by atoms with Gasteiger partial charge in [-0.2, -0.15) is 0 Å². The average molecular weight is 299 g/mol. The summed E-state index contributed by atoms with van der Waals surface area (Å²) in [4.78, 5) is 4.12. The van der Waals surface area contributed by atoms with E-state index in [1.54, 1.807) is 11.3 Å². The predicted octanol–water partition coefficient (Wildman–Crippen LogP) is 3.85. The summed E-state index contributed by atoms with van der Waals surface area (Å²) in [5.74, 6) is 0. The van der Waals surface area contributed by atoms with Crippen LogP contribution >= 0.6 is 22.9 Å². The van der Waals surface area contributed by atoms with Crippen molar-refractivity contribution in [1.82, 2.24) is 10.2 Å². The lowest BCUT2D eigenvalue weighted by Crippen LogP contribution is -2.39. The highest BCUT2D eigenvalue weighted by Crippen LogP contribution is 2.37. The number of rotatable bonds is 4. The Kier molecular flexibility index (Phi) is 4.47. The SMILES string of the molecule is CCN1CCCC1CNC1CCCc2sc(Cl)cc21. The van der Waals surface area contributed by atoms with Crippen LogP contribution in [0.2, 0.25) is 4.34 Å². The molecule has 1 aliphatic carbocycles. The maximum Gasteiger partial charge on any atom is 0.0934 e. The van der Waals surface area contributed by atoms with Crippen LogP contribution in [0.3, 0.4) is 0 Å². The number of halogens is 1. The number of fused-ring (bicyclic) bond motifs is 1. The Balaban J connectivity index is 1.61. The van der Waals surface area contributed by atoms with E-state index in [-0.39, 0.29) is 0 Å². The number of nitrogens with zero attached hydrogens (tertiary/aromatic N) is 1. The Morgan fingerprint density at radius 3 is 3.16 bits per heavy atom. The van der Waals surface area contributed by atoms with Gasteiger partial charge in [0.25, 0.3) is 0 Å². The Morgan fingerprint density at radius 2 is 2.32 bits per heavy atom. The van der Waals surface area contributed by atoms with Gasteiger partial charge in [0.05, 0.1) is 4.34 Å². The fourth-order valence-corrected chi connectivity index (χ4v) is 4.94. The van der Waals surface area contributed by atoms with Crippen LogP contribution in [0.15, 0.2) is 6.07 Å². The van der Waals surface area contributed by atoms with Crippen molar-refractivity contribution in [2.24, 2.45) is 0 Å². The molecule has 2 unspecified atom stereocenters. The molecule has 1 saturated heterocycles. The Morgan fingerprint density at radius 1 is 1.42 bits per heavy atom. The molecule has 1 aromatic rings. The summed E-state index contributed by atoms with van der Waals surface area (Å²) in [6, 6.07) is 3.46. The highest BCUT2D eigenvalue weighted by atomic mass is 35.5. The molecule has 2 atom stereocenters. The third-order valence-corrected chi connectivity index (χ3v) is 5.93. The van der Waals surface area contributed by atoms with Crippen molar-refractivity contribution in [3.8, 4) is 0 Å². The van der Waals surface area contributed by atoms with E-state index in [2.05, 4.69) is 23.2 Å². The molecule has 1 N–H and O–H groups in total. The Bertz CT molecular complexity index is 432. The van der Waals surface area contributed by atoms with Gasteiger partial charge in [0, 0.05) is 23.5 Å². The molecule has 0 bridgehead atoms. The van der Waals surface area contributed by atoms with Gasteiger partial charge in [-0.15, -0.1) is 11.3 Å². The first-order chi connectivity index (χ1) is 9.28. The highest BCUT2D eigenvalue weighted by Gasteiger charge is 2.26. The molecule has 1 fully saturated rings. The molecule has 0 amide bonds.